The number of nitrogens with one attached hydrogen (secondary N) is 1. The summed E-state index contributed by atoms with van der Waals surface area (Å²) in [6.07, 6.45) is -3.99. The third kappa shape index (κ3) is 5.90. The molecule has 0 saturated carbocycles. The van der Waals surface area contributed by atoms with Gasteiger partial charge in [-0.2, -0.15) is 13.2 Å². The van der Waals surface area contributed by atoms with Crippen LogP contribution in [0, 0.1) is 0 Å². The topological polar surface area (TPSA) is 30.5 Å². The summed E-state index contributed by atoms with van der Waals surface area (Å²) in [4.78, 5) is 0. The minimum absolute atomic E-state index is 0.0506. The van der Waals surface area contributed by atoms with Crippen molar-refractivity contribution in [3.63, 3.8) is 0 Å². The molecule has 1 atom stereocenters. The molecule has 1 unspecified atom stereocenters. The average molecular weight is 346 g/mol. The first-order valence-corrected chi connectivity index (χ1v) is 6.88. The van der Waals surface area contributed by atoms with Crippen molar-refractivity contribution in [3.8, 4) is 5.75 Å². The fraction of sp³-hybridized carbons (Fsp3) is 0.538. The van der Waals surface area contributed by atoms with E-state index in [2.05, 4.69) is 10.1 Å². The standard InChI is InChI=1S/C13H16Cl2F3NO2/c1-19-11(3-4-21-7-13(16,17)18)8-5-10(15)12(20-2)6-9(8)14/h5-6,11,19H,3-4,7H2,1-2H3. The highest BCUT2D eigenvalue weighted by Gasteiger charge is 2.27. The van der Waals surface area contributed by atoms with Gasteiger partial charge in [0.05, 0.1) is 12.1 Å². The number of hydrogen-bond donors (Lipinski definition) is 1. The fourth-order valence-electron chi connectivity index (χ4n) is 1.81. The van der Waals surface area contributed by atoms with E-state index in [-0.39, 0.29) is 12.6 Å². The molecule has 1 aromatic carbocycles. The number of halogens is 5. The van der Waals surface area contributed by atoms with Gasteiger partial charge in [-0.15, -0.1) is 0 Å². The van der Waals surface area contributed by atoms with Crippen LogP contribution < -0.4 is 10.1 Å². The van der Waals surface area contributed by atoms with Crippen LogP contribution in [-0.4, -0.2) is 33.5 Å². The van der Waals surface area contributed by atoms with E-state index in [1.165, 1.54) is 7.11 Å². The zero-order chi connectivity index (χ0) is 16.0. The van der Waals surface area contributed by atoms with E-state index in [1.807, 2.05) is 0 Å². The molecule has 0 aliphatic rings. The van der Waals surface area contributed by atoms with Crippen molar-refractivity contribution in [2.24, 2.45) is 0 Å². The summed E-state index contributed by atoms with van der Waals surface area (Å²) in [6, 6.07) is 2.93. The third-order valence-electron chi connectivity index (χ3n) is 2.81. The normalized spacial score (nSPS) is 13.3. The lowest BCUT2D eigenvalue weighted by Crippen LogP contribution is -2.22. The zero-order valence-electron chi connectivity index (χ0n) is 11.6. The summed E-state index contributed by atoms with van der Waals surface area (Å²) in [5, 5.41) is 3.78. The molecule has 0 amide bonds. The maximum atomic E-state index is 12.0. The number of methoxy groups -OCH3 is 1. The average Bonchev–Trinajstić information content (AvgIpc) is 2.40. The van der Waals surface area contributed by atoms with Crippen molar-refractivity contribution in [1.29, 1.82) is 0 Å². The van der Waals surface area contributed by atoms with E-state index in [0.29, 0.717) is 27.8 Å². The highest BCUT2D eigenvalue weighted by atomic mass is 35.5. The molecule has 0 spiro atoms. The summed E-state index contributed by atoms with van der Waals surface area (Å²) < 4.78 is 45.6. The first-order valence-electron chi connectivity index (χ1n) is 6.13. The summed E-state index contributed by atoms with van der Waals surface area (Å²) >= 11 is 12.2. The molecular formula is C13H16Cl2F3NO2. The van der Waals surface area contributed by atoms with Crippen LogP contribution in [0.25, 0.3) is 0 Å². The molecule has 0 aromatic heterocycles. The summed E-state index contributed by atoms with van der Waals surface area (Å²) in [5.41, 5.74) is 0.681. The van der Waals surface area contributed by atoms with Crippen molar-refractivity contribution in [2.45, 2.75) is 18.6 Å². The molecule has 0 bridgehead atoms. The van der Waals surface area contributed by atoms with Gasteiger partial charge in [-0.05, 0) is 25.1 Å². The molecule has 8 heteroatoms. The summed E-state index contributed by atoms with van der Waals surface area (Å²) in [6.45, 7) is -1.31. The van der Waals surface area contributed by atoms with E-state index in [1.54, 1.807) is 19.2 Å². The van der Waals surface area contributed by atoms with Crippen LogP contribution in [-0.2, 0) is 4.74 Å². The Labute approximate surface area is 131 Å². The molecule has 1 rings (SSSR count). The SMILES string of the molecule is CNC(CCOCC(F)(F)F)c1cc(Cl)c(OC)cc1Cl. The van der Waals surface area contributed by atoms with Crippen LogP contribution in [0.2, 0.25) is 10.0 Å². The molecule has 0 radical (unpaired) electrons. The van der Waals surface area contributed by atoms with Gasteiger partial charge < -0.3 is 14.8 Å². The van der Waals surface area contributed by atoms with Crippen molar-refractivity contribution < 1.29 is 22.6 Å². The Kier molecular flexibility index (Phi) is 7.06. The molecule has 0 aliphatic heterocycles. The predicted octanol–water partition coefficient (Wildman–Crippen LogP) is 4.23. The Morgan fingerprint density at radius 3 is 2.43 bits per heavy atom. The Bertz CT molecular complexity index is 469. The predicted molar refractivity (Wildman–Crippen MR) is 76.3 cm³/mol. The fourth-order valence-corrected chi connectivity index (χ4v) is 2.35. The van der Waals surface area contributed by atoms with Gasteiger partial charge in [0, 0.05) is 23.7 Å². The van der Waals surface area contributed by atoms with Crippen LogP contribution >= 0.6 is 23.2 Å². The summed E-state index contributed by atoms with van der Waals surface area (Å²) in [5.74, 6) is 0.439. The van der Waals surface area contributed by atoms with Crippen molar-refractivity contribution >= 4 is 23.2 Å². The minimum Gasteiger partial charge on any atom is -0.495 e. The Morgan fingerprint density at radius 2 is 1.90 bits per heavy atom. The quantitative estimate of drug-likeness (QED) is 0.750. The van der Waals surface area contributed by atoms with Gasteiger partial charge in [0.15, 0.2) is 0 Å². The van der Waals surface area contributed by atoms with Crippen molar-refractivity contribution in [3.05, 3.63) is 27.7 Å². The molecule has 21 heavy (non-hydrogen) atoms. The van der Waals surface area contributed by atoms with Crippen LogP contribution in [0.4, 0.5) is 13.2 Å². The monoisotopic (exact) mass is 345 g/mol. The van der Waals surface area contributed by atoms with Crippen LogP contribution in [0.15, 0.2) is 12.1 Å². The van der Waals surface area contributed by atoms with E-state index in [0.717, 1.165) is 0 Å². The Balaban J connectivity index is 2.70. The second-order valence-corrected chi connectivity index (χ2v) is 5.12. The molecule has 0 heterocycles. The third-order valence-corrected chi connectivity index (χ3v) is 3.43. The maximum absolute atomic E-state index is 12.0. The Morgan fingerprint density at radius 1 is 1.24 bits per heavy atom. The summed E-state index contributed by atoms with van der Waals surface area (Å²) in [7, 11) is 3.15. The molecule has 1 N–H and O–H groups in total. The molecule has 0 fully saturated rings. The highest BCUT2D eigenvalue weighted by molar-refractivity contribution is 6.34. The van der Waals surface area contributed by atoms with E-state index in [4.69, 9.17) is 27.9 Å². The van der Waals surface area contributed by atoms with Gasteiger partial charge in [0.2, 0.25) is 0 Å². The minimum atomic E-state index is -4.32. The van der Waals surface area contributed by atoms with Gasteiger partial charge in [-0.25, -0.2) is 0 Å². The number of ether oxygens (including phenoxy) is 2. The zero-order valence-corrected chi connectivity index (χ0v) is 13.1. The largest absolute Gasteiger partial charge is 0.495 e. The first kappa shape index (κ1) is 18.4. The van der Waals surface area contributed by atoms with Gasteiger partial charge in [0.25, 0.3) is 0 Å². The molecule has 1 aromatic rings. The molecule has 0 aliphatic carbocycles. The van der Waals surface area contributed by atoms with Crippen LogP contribution in [0.1, 0.15) is 18.0 Å². The highest BCUT2D eigenvalue weighted by Crippen LogP contribution is 2.34. The van der Waals surface area contributed by atoms with E-state index < -0.39 is 12.8 Å². The van der Waals surface area contributed by atoms with Crippen molar-refractivity contribution in [2.75, 3.05) is 27.4 Å². The first-order chi connectivity index (χ1) is 9.78. The Hall–Kier alpha value is -0.690. The number of rotatable bonds is 7. The second kappa shape index (κ2) is 8.08. The van der Waals surface area contributed by atoms with E-state index in [9.17, 15) is 13.2 Å². The van der Waals surface area contributed by atoms with Crippen LogP contribution in [0.5, 0.6) is 5.75 Å². The van der Waals surface area contributed by atoms with Gasteiger partial charge in [-0.1, -0.05) is 23.2 Å². The van der Waals surface area contributed by atoms with E-state index >= 15 is 0 Å². The van der Waals surface area contributed by atoms with Gasteiger partial charge in [-0.3, -0.25) is 0 Å². The second-order valence-electron chi connectivity index (χ2n) is 4.31. The lowest BCUT2D eigenvalue weighted by Gasteiger charge is -2.19. The number of hydrogen-bond acceptors (Lipinski definition) is 3. The molecular weight excluding hydrogens is 330 g/mol. The number of alkyl halides is 3. The number of benzene rings is 1. The van der Waals surface area contributed by atoms with Crippen molar-refractivity contribution in [1.82, 2.24) is 5.32 Å². The maximum Gasteiger partial charge on any atom is 0.411 e. The van der Waals surface area contributed by atoms with Gasteiger partial charge in [0.1, 0.15) is 12.4 Å². The lowest BCUT2D eigenvalue weighted by molar-refractivity contribution is -0.174. The van der Waals surface area contributed by atoms with Gasteiger partial charge >= 0.3 is 6.18 Å². The molecule has 120 valence electrons. The smallest absolute Gasteiger partial charge is 0.411 e. The lowest BCUT2D eigenvalue weighted by atomic mass is 10.0. The molecule has 0 saturated heterocycles. The van der Waals surface area contributed by atoms with Crippen LogP contribution in [0.3, 0.4) is 0 Å². The molecule has 3 nitrogen and oxygen atoms in total.